The topological polar surface area (TPSA) is 114 Å². The van der Waals surface area contributed by atoms with E-state index in [0.29, 0.717) is 55.5 Å². The van der Waals surface area contributed by atoms with Crippen molar-refractivity contribution in [2.75, 3.05) is 42.7 Å². The number of hydrogen-bond acceptors (Lipinski definition) is 8. The fourth-order valence-electron chi connectivity index (χ4n) is 4.69. The Balaban J connectivity index is 1.23. The van der Waals surface area contributed by atoms with Crippen LogP contribution < -0.4 is 15.0 Å². The summed E-state index contributed by atoms with van der Waals surface area (Å²) in [5.41, 5.74) is 3.97. The molecule has 3 aromatic rings. The third-order valence-electron chi connectivity index (χ3n) is 6.59. The Hall–Kier alpha value is -3.86. The van der Waals surface area contributed by atoms with Crippen molar-refractivity contribution in [1.29, 1.82) is 0 Å². The van der Waals surface area contributed by atoms with Gasteiger partial charge in [-0.3, -0.25) is 19.5 Å². The average molecular weight is 536 g/mol. The van der Waals surface area contributed by atoms with Crippen LogP contribution in [-0.2, 0) is 20.7 Å². The highest BCUT2D eigenvalue weighted by atomic mass is 32.2. The minimum Gasteiger partial charge on any atom is -0.481 e. The standard InChI is InChI=1S/C27H29N5O5S/c1-3-25(34)31(12-4-5-17-10-11-28-20-7-9-24(36-2)30-26(17)20)14-19-15-32(27(35)37-19)18-6-8-22-21(13-18)29-23(33)16-38-22/h6-11,13,19H,3-5,12,14-16H2,1-2H3,(H,29,33)/t19-/m1/s1. The molecule has 0 spiro atoms. The number of pyridine rings is 2. The largest absolute Gasteiger partial charge is 0.481 e. The number of aryl methyl sites for hydroxylation is 1. The molecule has 2 aliphatic heterocycles. The van der Waals surface area contributed by atoms with Gasteiger partial charge in [0.2, 0.25) is 17.7 Å². The van der Waals surface area contributed by atoms with Crippen LogP contribution in [-0.4, -0.2) is 71.4 Å². The van der Waals surface area contributed by atoms with Gasteiger partial charge in [-0.15, -0.1) is 11.8 Å². The first-order chi connectivity index (χ1) is 18.4. The van der Waals surface area contributed by atoms with E-state index in [9.17, 15) is 14.4 Å². The maximum absolute atomic E-state index is 12.8. The molecule has 1 fully saturated rings. The predicted octanol–water partition coefficient (Wildman–Crippen LogP) is 3.88. The summed E-state index contributed by atoms with van der Waals surface area (Å²) in [4.78, 5) is 50.4. The Morgan fingerprint density at radius 1 is 1.26 bits per heavy atom. The monoisotopic (exact) mass is 535 g/mol. The summed E-state index contributed by atoms with van der Waals surface area (Å²) >= 11 is 1.47. The zero-order chi connectivity index (χ0) is 26.6. The number of ether oxygens (including phenoxy) is 2. The van der Waals surface area contributed by atoms with Gasteiger partial charge in [0.25, 0.3) is 0 Å². The van der Waals surface area contributed by atoms with Crippen molar-refractivity contribution in [3.05, 3.63) is 48.2 Å². The number of anilines is 2. The van der Waals surface area contributed by atoms with E-state index in [2.05, 4.69) is 15.3 Å². The number of nitrogens with one attached hydrogen (secondary N) is 1. The molecule has 2 aromatic heterocycles. The second-order valence-electron chi connectivity index (χ2n) is 9.12. The lowest BCUT2D eigenvalue weighted by atomic mass is 10.1. The lowest BCUT2D eigenvalue weighted by Gasteiger charge is -2.25. The molecule has 5 rings (SSSR count). The lowest BCUT2D eigenvalue weighted by Crippen LogP contribution is -2.39. The number of fused-ring (bicyclic) bond motifs is 2. The second-order valence-corrected chi connectivity index (χ2v) is 10.1. The first-order valence-corrected chi connectivity index (χ1v) is 13.5. The average Bonchev–Trinajstić information content (AvgIpc) is 3.31. The van der Waals surface area contributed by atoms with E-state index in [0.717, 1.165) is 27.9 Å². The van der Waals surface area contributed by atoms with Crippen LogP contribution in [0.3, 0.4) is 0 Å². The van der Waals surface area contributed by atoms with Gasteiger partial charge in [-0.25, -0.2) is 9.78 Å². The quantitative estimate of drug-likeness (QED) is 0.439. The summed E-state index contributed by atoms with van der Waals surface area (Å²) in [6.07, 6.45) is 2.64. The van der Waals surface area contributed by atoms with Gasteiger partial charge in [0.05, 0.1) is 42.7 Å². The third kappa shape index (κ3) is 5.52. The Labute approximate surface area is 224 Å². The molecular formula is C27H29N5O5S. The van der Waals surface area contributed by atoms with Gasteiger partial charge in [0.1, 0.15) is 6.10 Å². The van der Waals surface area contributed by atoms with E-state index >= 15 is 0 Å². The van der Waals surface area contributed by atoms with E-state index in [4.69, 9.17) is 9.47 Å². The van der Waals surface area contributed by atoms with Crippen molar-refractivity contribution in [1.82, 2.24) is 14.9 Å². The molecule has 1 atom stereocenters. The first kappa shape index (κ1) is 25.8. The number of carbonyl (C=O) groups is 3. The van der Waals surface area contributed by atoms with Crippen LogP contribution >= 0.6 is 11.8 Å². The highest BCUT2D eigenvalue weighted by molar-refractivity contribution is 8.00. The summed E-state index contributed by atoms with van der Waals surface area (Å²) in [6.45, 7) is 2.99. The minimum atomic E-state index is -0.461. The van der Waals surface area contributed by atoms with Crippen LogP contribution in [0.1, 0.15) is 25.3 Å². The number of cyclic esters (lactones) is 1. The first-order valence-electron chi connectivity index (χ1n) is 12.6. The van der Waals surface area contributed by atoms with Crippen LogP contribution in [0.2, 0.25) is 0 Å². The van der Waals surface area contributed by atoms with E-state index in [1.165, 1.54) is 11.8 Å². The minimum absolute atomic E-state index is 0.00685. The Morgan fingerprint density at radius 3 is 2.95 bits per heavy atom. The summed E-state index contributed by atoms with van der Waals surface area (Å²) in [5.74, 6) is 0.850. The van der Waals surface area contributed by atoms with Crippen LogP contribution in [0.25, 0.3) is 11.0 Å². The van der Waals surface area contributed by atoms with Crippen LogP contribution in [0.15, 0.2) is 47.5 Å². The van der Waals surface area contributed by atoms with E-state index in [-0.39, 0.29) is 11.8 Å². The molecular weight excluding hydrogens is 506 g/mol. The fourth-order valence-corrected chi connectivity index (χ4v) is 5.48. The number of thioether (sulfide) groups is 1. The zero-order valence-electron chi connectivity index (χ0n) is 21.3. The lowest BCUT2D eigenvalue weighted by molar-refractivity contribution is -0.132. The maximum atomic E-state index is 12.8. The normalized spacial score (nSPS) is 16.7. The molecule has 0 radical (unpaired) electrons. The molecule has 2 aliphatic rings. The van der Waals surface area contributed by atoms with Crippen molar-refractivity contribution in [2.24, 2.45) is 0 Å². The van der Waals surface area contributed by atoms with E-state index < -0.39 is 12.2 Å². The molecule has 0 unspecified atom stereocenters. The van der Waals surface area contributed by atoms with Crippen molar-refractivity contribution in [3.8, 4) is 5.88 Å². The van der Waals surface area contributed by atoms with Gasteiger partial charge >= 0.3 is 6.09 Å². The molecule has 1 N–H and O–H groups in total. The molecule has 4 heterocycles. The summed E-state index contributed by atoms with van der Waals surface area (Å²) in [7, 11) is 1.58. The van der Waals surface area contributed by atoms with Gasteiger partial charge in [-0.2, -0.15) is 0 Å². The van der Waals surface area contributed by atoms with Gasteiger partial charge in [-0.05, 0) is 48.7 Å². The fraction of sp³-hybridized carbons (Fsp3) is 0.370. The molecule has 1 aromatic carbocycles. The van der Waals surface area contributed by atoms with Gasteiger partial charge in [-0.1, -0.05) is 6.92 Å². The van der Waals surface area contributed by atoms with Gasteiger partial charge < -0.3 is 19.7 Å². The molecule has 0 bridgehead atoms. The van der Waals surface area contributed by atoms with E-state index in [1.807, 2.05) is 31.2 Å². The van der Waals surface area contributed by atoms with Crippen molar-refractivity contribution in [2.45, 2.75) is 37.2 Å². The number of benzene rings is 1. The molecule has 0 saturated carbocycles. The number of nitrogens with zero attached hydrogens (tertiary/aromatic N) is 4. The number of rotatable bonds is 9. The van der Waals surface area contributed by atoms with Crippen molar-refractivity contribution >= 4 is 52.1 Å². The number of aromatic nitrogens is 2. The molecule has 198 valence electrons. The van der Waals surface area contributed by atoms with Gasteiger partial charge in [0.15, 0.2) is 0 Å². The van der Waals surface area contributed by atoms with Crippen molar-refractivity contribution < 1.29 is 23.9 Å². The summed E-state index contributed by atoms with van der Waals surface area (Å²) < 4.78 is 10.9. The van der Waals surface area contributed by atoms with Crippen LogP contribution in [0.4, 0.5) is 16.2 Å². The Morgan fingerprint density at radius 2 is 2.13 bits per heavy atom. The molecule has 38 heavy (non-hydrogen) atoms. The number of methoxy groups -OCH3 is 1. The maximum Gasteiger partial charge on any atom is 0.414 e. The van der Waals surface area contributed by atoms with Gasteiger partial charge in [0, 0.05) is 35.8 Å². The zero-order valence-corrected chi connectivity index (χ0v) is 22.1. The highest BCUT2D eigenvalue weighted by Crippen LogP contribution is 2.35. The number of carbonyl (C=O) groups excluding carboxylic acids is 3. The third-order valence-corrected chi connectivity index (χ3v) is 7.66. The van der Waals surface area contributed by atoms with E-state index in [1.54, 1.807) is 35.2 Å². The Bertz CT molecular complexity index is 1380. The highest BCUT2D eigenvalue weighted by Gasteiger charge is 2.34. The molecule has 10 nitrogen and oxygen atoms in total. The smallest absolute Gasteiger partial charge is 0.414 e. The molecule has 1 saturated heterocycles. The SMILES string of the molecule is CCC(=O)N(CCCc1ccnc2ccc(OC)nc12)C[C@@H]1CN(c2ccc3c(c2)NC(=O)CS3)C(=O)O1. The second kappa shape index (κ2) is 11.3. The van der Waals surface area contributed by atoms with Crippen molar-refractivity contribution in [3.63, 3.8) is 0 Å². The predicted molar refractivity (Wildman–Crippen MR) is 145 cm³/mol. The molecule has 3 amide bonds. The Kier molecular flexibility index (Phi) is 7.64. The van der Waals surface area contributed by atoms with Crippen LogP contribution in [0.5, 0.6) is 5.88 Å². The number of amides is 3. The molecule has 0 aliphatic carbocycles. The number of hydrogen-bond donors (Lipinski definition) is 1. The summed E-state index contributed by atoms with van der Waals surface area (Å²) in [6, 6.07) is 11.1. The van der Waals surface area contributed by atoms with Crippen LogP contribution in [0, 0.1) is 0 Å². The molecule has 11 heteroatoms. The summed E-state index contributed by atoms with van der Waals surface area (Å²) in [5, 5.41) is 2.85.